The van der Waals surface area contributed by atoms with Crippen molar-refractivity contribution in [3.8, 4) is 16.2 Å². The summed E-state index contributed by atoms with van der Waals surface area (Å²) in [6.45, 7) is 2.04. The minimum absolute atomic E-state index is 0.364. The number of benzene rings is 1. The van der Waals surface area contributed by atoms with Gasteiger partial charge in [0, 0.05) is 10.4 Å². The van der Waals surface area contributed by atoms with Gasteiger partial charge in [0.05, 0.1) is 23.7 Å². The van der Waals surface area contributed by atoms with E-state index >= 15 is 0 Å². The van der Waals surface area contributed by atoms with Gasteiger partial charge < -0.3 is 15.7 Å². The molecule has 8 heteroatoms. The zero-order valence-electron chi connectivity index (χ0n) is 13.6. The molecule has 0 bridgehead atoms. The van der Waals surface area contributed by atoms with E-state index in [2.05, 4.69) is 27.4 Å². The van der Waals surface area contributed by atoms with Gasteiger partial charge in [-0.25, -0.2) is 9.50 Å². The first-order chi connectivity index (χ1) is 12.1. The zero-order chi connectivity index (χ0) is 17.6. The van der Waals surface area contributed by atoms with Crippen LogP contribution >= 0.6 is 11.3 Å². The van der Waals surface area contributed by atoms with Crippen molar-refractivity contribution in [1.82, 2.24) is 14.6 Å². The van der Waals surface area contributed by atoms with Crippen molar-refractivity contribution < 1.29 is 9.94 Å². The Hall–Kier alpha value is -3.13. The molecule has 0 atom stereocenters. The van der Waals surface area contributed by atoms with Gasteiger partial charge in [-0.3, -0.25) is 0 Å². The third kappa shape index (κ3) is 2.38. The Balaban J connectivity index is 2.03. The molecule has 4 aromatic rings. The van der Waals surface area contributed by atoms with Gasteiger partial charge in [0.2, 0.25) is 0 Å². The summed E-state index contributed by atoms with van der Waals surface area (Å²) in [4.78, 5) is 5.10. The highest BCUT2D eigenvalue weighted by Crippen LogP contribution is 2.41. The number of nitrogen functional groups attached to an aromatic ring is 1. The molecule has 7 nitrogen and oxygen atoms in total. The molecule has 0 saturated carbocycles. The molecule has 0 spiro atoms. The number of hydrogen-bond acceptors (Lipinski definition) is 7. The quantitative estimate of drug-likeness (QED) is 0.334. The topological polar surface area (TPSA) is 98.0 Å². The lowest BCUT2D eigenvalue weighted by Gasteiger charge is -2.02. The molecule has 126 valence electrons. The average molecular weight is 353 g/mol. The van der Waals surface area contributed by atoms with E-state index in [0.717, 1.165) is 31.8 Å². The molecule has 0 fully saturated rings. The first-order valence-corrected chi connectivity index (χ1v) is 8.32. The fourth-order valence-electron chi connectivity index (χ4n) is 2.98. The second-order valence-electron chi connectivity index (χ2n) is 5.63. The molecule has 4 rings (SSSR count). The highest BCUT2D eigenvalue weighted by Gasteiger charge is 2.17. The fraction of sp³-hybridized carbons (Fsp3) is 0.118. The second-order valence-corrected chi connectivity index (χ2v) is 6.68. The van der Waals surface area contributed by atoms with Crippen LogP contribution in [0.3, 0.4) is 0 Å². The summed E-state index contributed by atoms with van der Waals surface area (Å²) in [5, 5.41) is 17.3. The van der Waals surface area contributed by atoms with Crippen LogP contribution in [-0.4, -0.2) is 33.1 Å². The van der Waals surface area contributed by atoms with Crippen molar-refractivity contribution in [3.63, 3.8) is 0 Å². The summed E-state index contributed by atoms with van der Waals surface area (Å²) in [7, 11) is 1.67. The third-order valence-electron chi connectivity index (χ3n) is 4.01. The first kappa shape index (κ1) is 15.4. The number of fused-ring (bicyclic) bond motifs is 2. The number of nitrogens with two attached hydrogens (primary N) is 1. The van der Waals surface area contributed by atoms with Crippen molar-refractivity contribution in [2.75, 3.05) is 12.8 Å². The molecule has 0 unspecified atom stereocenters. The normalized spacial score (nSPS) is 11.8. The Bertz CT molecular complexity index is 1130. The number of rotatable bonds is 3. The van der Waals surface area contributed by atoms with Crippen LogP contribution in [0.15, 0.2) is 35.7 Å². The number of aryl methyl sites for hydroxylation is 1. The van der Waals surface area contributed by atoms with Crippen LogP contribution in [0.1, 0.15) is 11.3 Å². The molecule has 0 radical (unpaired) electrons. The maximum Gasteiger partial charge on any atom is 0.152 e. The number of nitrogens with zero attached hydrogens (tertiary/aromatic N) is 4. The first-order valence-electron chi connectivity index (χ1n) is 7.50. The molecule has 0 aliphatic heterocycles. The van der Waals surface area contributed by atoms with Gasteiger partial charge in [0.1, 0.15) is 17.6 Å². The molecule has 0 amide bonds. The predicted molar refractivity (Wildman–Crippen MR) is 98.9 cm³/mol. The molecule has 3 heterocycles. The summed E-state index contributed by atoms with van der Waals surface area (Å²) in [6.07, 6.45) is 2.69. The Morgan fingerprint density at radius 2 is 2.16 bits per heavy atom. The van der Waals surface area contributed by atoms with E-state index in [1.807, 2.05) is 19.1 Å². The van der Waals surface area contributed by atoms with Gasteiger partial charge in [-0.15, -0.1) is 11.3 Å². The van der Waals surface area contributed by atoms with Crippen LogP contribution in [0.4, 0.5) is 5.82 Å². The van der Waals surface area contributed by atoms with Crippen molar-refractivity contribution in [2.45, 2.75) is 6.92 Å². The Labute approximate surface area is 147 Å². The van der Waals surface area contributed by atoms with Crippen LogP contribution in [0.2, 0.25) is 0 Å². The maximum absolute atomic E-state index is 8.91. The van der Waals surface area contributed by atoms with E-state index in [-0.39, 0.29) is 0 Å². The van der Waals surface area contributed by atoms with Gasteiger partial charge in [0.15, 0.2) is 5.82 Å². The zero-order valence-corrected chi connectivity index (χ0v) is 14.4. The Morgan fingerprint density at radius 3 is 2.92 bits per heavy atom. The highest BCUT2D eigenvalue weighted by atomic mass is 32.1. The second kappa shape index (κ2) is 5.75. The number of ether oxygens (including phenoxy) is 1. The minimum atomic E-state index is 0.364. The number of methoxy groups -OCH3 is 1. The SMILES string of the molecule is COc1cc(C)cc2cc(-c3cc(/C=N/O)n4ncnc(N)c34)sc12. The Kier molecular flexibility index (Phi) is 3.54. The van der Waals surface area contributed by atoms with Crippen LogP contribution in [-0.2, 0) is 0 Å². The molecule has 3 aromatic heterocycles. The summed E-state index contributed by atoms with van der Waals surface area (Å²) in [5.74, 6) is 1.21. The van der Waals surface area contributed by atoms with Crippen LogP contribution in [0, 0.1) is 6.92 Å². The van der Waals surface area contributed by atoms with Crippen molar-refractivity contribution >= 4 is 39.0 Å². The summed E-state index contributed by atoms with van der Waals surface area (Å²) in [5.41, 5.74) is 9.39. The number of aromatic nitrogens is 3. The van der Waals surface area contributed by atoms with E-state index in [9.17, 15) is 0 Å². The van der Waals surface area contributed by atoms with E-state index in [4.69, 9.17) is 15.7 Å². The van der Waals surface area contributed by atoms with E-state index < -0.39 is 0 Å². The summed E-state index contributed by atoms with van der Waals surface area (Å²) in [6, 6.07) is 8.11. The molecule has 0 aliphatic rings. The number of oxime groups is 1. The van der Waals surface area contributed by atoms with Crippen LogP contribution in [0.25, 0.3) is 26.0 Å². The monoisotopic (exact) mass is 353 g/mol. The van der Waals surface area contributed by atoms with Crippen LogP contribution in [0.5, 0.6) is 5.75 Å². The minimum Gasteiger partial charge on any atom is -0.495 e. The Morgan fingerprint density at radius 1 is 1.32 bits per heavy atom. The molecular weight excluding hydrogens is 338 g/mol. The molecular formula is C17H15N5O2S. The van der Waals surface area contributed by atoms with Crippen molar-refractivity contribution in [3.05, 3.63) is 41.9 Å². The third-order valence-corrected chi connectivity index (χ3v) is 5.21. The standard InChI is InChI=1S/C17H15N5O2S/c1-9-3-10-5-14(25-16(10)13(4-9)24-2)12-6-11(7-21-23)22-15(12)17(18)19-8-20-22/h3-8,23H,1-2H3,(H2,18,19,20)/b21-7+. The lowest BCUT2D eigenvalue weighted by atomic mass is 10.1. The number of hydrogen-bond donors (Lipinski definition) is 2. The van der Waals surface area contributed by atoms with Crippen LogP contribution < -0.4 is 10.5 Å². The van der Waals surface area contributed by atoms with Crippen molar-refractivity contribution in [2.24, 2.45) is 5.16 Å². The highest BCUT2D eigenvalue weighted by molar-refractivity contribution is 7.22. The van der Waals surface area contributed by atoms with Gasteiger partial charge >= 0.3 is 0 Å². The lowest BCUT2D eigenvalue weighted by Crippen LogP contribution is -2.01. The summed E-state index contributed by atoms with van der Waals surface area (Å²) >= 11 is 1.61. The lowest BCUT2D eigenvalue weighted by molar-refractivity contribution is 0.321. The van der Waals surface area contributed by atoms with E-state index in [1.165, 1.54) is 12.5 Å². The van der Waals surface area contributed by atoms with Gasteiger partial charge in [-0.1, -0.05) is 11.2 Å². The van der Waals surface area contributed by atoms with Crippen molar-refractivity contribution in [1.29, 1.82) is 0 Å². The average Bonchev–Trinajstić information content (AvgIpc) is 3.17. The van der Waals surface area contributed by atoms with Gasteiger partial charge in [-0.2, -0.15) is 5.10 Å². The van der Waals surface area contributed by atoms with Gasteiger partial charge in [0.25, 0.3) is 0 Å². The largest absolute Gasteiger partial charge is 0.495 e. The predicted octanol–water partition coefficient (Wildman–Crippen LogP) is 3.32. The molecule has 0 saturated heterocycles. The fourth-order valence-corrected chi connectivity index (χ4v) is 4.13. The molecule has 0 aliphatic carbocycles. The number of anilines is 1. The molecule has 1 aromatic carbocycles. The maximum atomic E-state index is 8.91. The summed E-state index contributed by atoms with van der Waals surface area (Å²) < 4.78 is 8.19. The van der Waals surface area contributed by atoms with E-state index in [0.29, 0.717) is 17.0 Å². The number of thiophene rings is 1. The van der Waals surface area contributed by atoms with Gasteiger partial charge in [-0.05, 0) is 36.1 Å². The molecule has 25 heavy (non-hydrogen) atoms. The smallest absolute Gasteiger partial charge is 0.152 e. The van der Waals surface area contributed by atoms with E-state index in [1.54, 1.807) is 23.0 Å². The molecule has 3 N–H and O–H groups in total.